The second-order valence-corrected chi connectivity index (χ2v) is 6.70. The zero-order valence-electron chi connectivity index (χ0n) is 16.2. The first kappa shape index (κ1) is 19.2. The third kappa shape index (κ3) is 4.99. The molecule has 1 aliphatic rings. The van der Waals surface area contributed by atoms with Crippen LogP contribution >= 0.6 is 0 Å². The van der Waals surface area contributed by atoms with E-state index in [0.29, 0.717) is 19.8 Å². The summed E-state index contributed by atoms with van der Waals surface area (Å²) in [5, 5.41) is 4.16. The van der Waals surface area contributed by atoms with E-state index < -0.39 is 5.79 Å². The summed E-state index contributed by atoms with van der Waals surface area (Å²) in [5.74, 6) is -0.767. The molecule has 0 N–H and O–H groups in total. The monoisotopic (exact) mass is 367 g/mol. The predicted molar refractivity (Wildman–Crippen MR) is 104 cm³/mol. The van der Waals surface area contributed by atoms with Crippen molar-refractivity contribution in [2.75, 3.05) is 19.8 Å². The molecule has 0 aromatic carbocycles. The minimum absolute atomic E-state index is 0.374. The largest absolute Gasteiger partial charge is 0.391 e. The molecule has 1 aliphatic heterocycles. The van der Waals surface area contributed by atoms with Gasteiger partial charge in [0.15, 0.2) is 0 Å². The van der Waals surface area contributed by atoms with Gasteiger partial charge in [0.1, 0.15) is 12.3 Å². The SMILES string of the molecule is C/C(=N/OC/C(C)=C/c1cccc(C2(C)OCCO2)n1)c1cccc(C)n1. The van der Waals surface area contributed by atoms with Crippen LogP contribution in [-0.2, 0) is 20.1 Å². The van der Waals surface area contributed by atoms with Gasteiger partial charge in [0.2, 0.25) is 5.79 Å². The first-order valence-corrected chi connectivity index (χ1v) is 8.99. The van der Waals surface area contributed by atoms with Crippen molar-refractivity contribution in [1.29, 1.82) is 0 Å². The maximum absolute atomic E-state index is 5.67. The normalized spacial score (nSPS) is 17.2. The van der Waals surface area contributed by atoms with Crippen LogP contribution < -0.4 is 0 Å². The number of rotatable bonds is 6. The van der Waals surface area contributed by atoms with Crippen molar-refractivity contribution in [3.8, 4) is 0 Å². The van der Waals surface area contributed by atoms with Gasteiger partial charge < -0.3 is 14.3 Å². The summed E-state index contributed by atoms with van der Waals surface area (Å²) in [5.41, 5.74) is 5.11. The van der Waals surface area contributed by atoms with Crippen molar-refractivity contribution >= 4 is 11.8 Å². The smallest absolute Gasteiger partial charge is 0.209 e. The fourth-order valence-corrected chi connectivity index (χ4v) is 2.76. The van der Waals surface area contributed by atoms with Crippen molar-refractivity contribution in [2.24, 2.45) is 5.16 Å². The van der Waals surface area contributed by atoms with Gasteiger partial charge in [0, 0.05) is 5.69 Å². The summed E-state index contributed by atoms with van der Waals surface area (Å²) in [6, 6.07) is 11.6. The first-order valence-electron chi connectivity index (χ1n) is 8.99. The lowest BCUT2D eigenvalue weighted by Crippen LogP contribution is -2.24. The third-order valence-corrected chi connectivity index (χ3v) is 4.22. The molecule has 0 bridgehead atoms. The highest BCUT2D eigenvalue weighted by Crippen LogP contribution is 2.29. The zero-order chi connectivity index (χ0) is 19.3. The lowest BCUT2D eigenvalue weighted by Gasteiger charge is -2.21. The number of aromatic nitrogens is 2. The Morgan fingerprint density at radius 3 is 2.63 bits per heavy atom. The van der Waals surface area contributed by atoms with E-state index in [1.54, 1.807) is 0 Å². The quantitative estimate of drug-likeness (QED) is 0.573. The molecule has 27 heavy (non-hydrogen) atoms. The standard InChI is InChI=1S/C21H25N3O3/c1-15(14-27-24-17(3)19-9-5-7-16(2)22-19)13-18-8-6-10-20(23-18)21(4)25-11-12-26-21/h5-10,13H,11-12,14H2,1-4H3/b15-13+,24-17-. The molecule has 2 aromatic heterocycles. The Morgan fingerprint density at radius 2 is 1.89 bits per heavy atom. The molecule has 1 saturated heterocycles. The van der Waals surface area contributed by atoms with Gasteiger partial charge in [-0.25, -0.2) is 4.98 Å². The highest BCUT2D eigenvalue weighted by atomic mass is 16.7. The van der Waals surface area contributed by atoms with Crippen molar-refractivity contribution in [2.45, 2.75) is 33.5 Å². The maximum Gasteiger partial charge on any atom is 0.209 e. The van der Waals surface area contributed by atoms with E-state index >= 15 is 0 Å². The fourth-order valence-electron chi connectivity index (χ4n) is 2.76. The molecular weight excluding hydrogens is 342 g/mol. The molecule has 1 fully saturated rings. The predicted octanol–water partition coefficient (Wildman–Crippen LogP) is 3.85. The Balaban J connectivity index is 1.63. The lowest BCUT2D eigenvalue weighted by molar-refractivity contribution is -0.152. The molecule has 0 amide bonds. The number of nitrogens with zero attached hydrogens (tertiary/aromatic N) is 3. The second-order valence-electron chi connectivity index (χ2n) is 6.70. The number of oxime groups is 1. The van der Waals surface area contributed by atoms with Gasteiger partial charge in [-0.3, -0.25) is 4.98 Å². The summed E-state index contributed by atoms with van der Waals surface area (Å²) in [6.07, 6.45) is 1.97. The molecular formula is C21H25N3O3. The molecule has 0 saturated carbocycles. The van der Waals surface area contributed by atoms with Crippen LogP contribution in [0.3, 0.4) is 0 Å². The summed E-state index contributed by atoms with van der Waals surface area (Å²) in [4.78, 5) is 14.5. The summed E-state index contributed by atoms with van der Waals surface area (Å²) in [6.45, 7) is 9.24. The van der Waals surface area contributed by atoms with Crippen LogP contribution in [0.4, 0.5) is 0 Å². The Morgan fingerprint density at radius 1 is 1.15 bits per heavy atom. The van der Waals surface area contributed by atoms with Gasteiger partial charge in [-0.1, -0.05) is 17.3 Å². The van der Waals surface area contributed by atoms with Gasteiger partial charge >= 0.3 is 0 Å². The average Bonchev–Trinajstić information content (AvgIpc) is 3.10. The topological polar surface area (TPSA) is 65.8 Å². The van der Waals surface area contributed by atoms with Crippen LogP contribution in [-0.4, -0.2) is 35.5 Å². The molecule has 0 spiro atoms. The molecule has 0 unspecified atom stereocenters. The first-order chi connectivity index (χ1) is 13.0. The van der Waals surface area contributed by atoms with Crippen LogP contribution in [0, 0.1) is 6.92 Å². The molecule has 2 aromatic rings. The maximum atomic E-state index is 5.67. The van der Waals surface area contributed by atoms with Crippen molar-refractivity contribution in [3.05, 3.63) is 64.7 Å². The van der Waals surface area contributed by atoms with Gasteiger partial charge in [0.25, 0.3) is 0 Å². The molecule has 3 heterocycles. The molecule has 3 rings (SSSR count). The molecule has 0 aliphatic carbocycles. The Labute approximate surface area is 159 Å². The highest BCUT2D eigenvalue weighted by Gasteiger charge is 2.34. The summed E-state index contributed by atoms with van der Waals surface area (Å²) < 4.78 is 11.3. The highest BCUT2D eigenvalue weighted by molar-refractivity contribution is 5.96. The second kappa shape index (κ2) is 8.41. The third-order valence-electron chi connectivity index (χ3n) is 4.22. The number of aryl methyl sites for hydroxylation is 1. The van der Waals surface area contributed by atoms with E-state index in [9.17, 15) is 0 Å². The average molecular weight is 367 g/mol. The Kier molecular flexibility index (Phi) is 5.98. The van der Waals surface area contributed by atoms with Crippen LogP contribution in [0.1, 0.15) is 43.5 Å². The molecule has 6 nitrogen and oxygen atoms in total. The van der Waals surface area contributed by atoms with Crippen molar-refractivity contribution in [3.63, 3.8) is 0 Å². The molecule has 0 radical (unpaired) electrons. The minimum Gasteiger partial charge on any atom is -0.391 e. The van der Waals surface area contributed by atoms with E-state index in [0.717, 1.165) is 34.1 Å². The number of hydrogen-bond donors (Lipinski definition) is 0. The van der Waals surface area contributed by atoms with Crippen molar-refractivity contribution in [1.82, 2.24) is 9.97 Å². The van der Waals surface area contributed by atoms with Gasteiger partial charge in [-0.05, 0) is 63.6 Å². The summed E-state index contributed by atoms with van der Waals surface area (Å²) in [7, 11) is 0. The lowest BCUT2D eigenvalue weighted by atomic mass is 10.1. The van der Waals surface area contributed by atoms with Crippen molar-refractivity contribution < 1.29 is 14.3 Å². The minimum atomic E-state index is -0.767. The van der Waals surface area contributed by atoms with E-state index in [2.05, 4.69) is 15.1 Å². The van der Waals surface area contributed by atoms with Gasteiger partial charge in [-0.2, -0.15) is 0 Å². The van der Waals surface area contributed by atoms with E-state index in [4.69, 9.17) is 14.3 Å². The number of pyridine rings is 2. The molecule has 0 atom stereocenters. The van der Waals surface area contributed by atoms with E-state index in [1.165, 1.54) is 0 Å². The van der Waals surface area contributed by atoms with E-state index in [1.807, 2.05) is 70.2 Å². The Bertz CT molecular complexity index is 855. The summed E-state index contributed by atoms with van der Waals surface area (Å²) >= 11 is 0. The zero-order valence-corrected chi connectivity index (χ0v) is 16.2. The van der Waals surface area contributed by atoms with Crippen LogP contribution in [0.2, 0.25) is 0 Å². The fraction of sp³-hybridized carbons (Fsp3) is 0.381. The van der Waals surface area contributed by atoms with Gasteiger partial charge in [-0.15, -0.1) is 0 Å². The molecule has 142 valence electrons. The Hall–Kier alpha value is -2.57. The van der Waals surface area contributed by atoms with E-state index in [-0.39, 0.29) is 0 Å². The number of ether oxygens (including phenoxy) is 2. The van der Waals surface area contributed by atoms with Crippen LogP contribution in [0.5, 0.6) is 0 Å². The number of hydrogen-bond acceptors (Lipinski definition) is 6. The van der Waals surface area contributed by atoms with Gasteiger partial charge in [0.05, 0.1) is 30.3 Å². The molecule has 6 heteroatoms. The van der Waals surface area contributed by atoms with Crippen LogP contribution in [0.25, 0.3) is 6.08 Å². The van der Waals surface area contributed by atoms with Crippen LogP contribution in [0.15, 0.2) is 47.1 Å².